The van der Waals surface area contributed by atoms with Crippen LogP contribution in [0.1, 0.15) is 45.9 Å². The number of para-hydroxylation sites is 1. The van der Waals surface area contributed by atoms with Gasteiger partial charge in [0, 0.05) is 10.6 Å². The van der Waals surface area contributed by atoms with Crippen molar-refractivity contribution in [3.63, 3.8) is 0 Å². The van der Waals surface area contributed by atoms with Gasteiger partial charge >= 0.3 is 0 Å². The standard InChI is InChI=1S/C17H21NOS/c1-4-8-14-11-16(20-12(14)3)17(19)18-15-10-7-6-9-13(15)5-2/h6-7,9-11H,4-5,8H2,1-3H3,(H,18,19). The van der Waals surface area contributed by atoms with Crippen molar-refractivity contribution in [3.8, 4) is 0 Å². The van der Waals surface area contributed by atoms with Crippen molar-refractivity contribution in [3.05, 3.63) is 51.2 Å². The number of aryl methyl sites for hydroxylation is 3. The lowest BCUT2D eigenvalue weighted by Gasteiger charge is -2.08. The van der Waals surface area contributed by atoms with Gasteiger partial charge in [-0.05, 0) is 43.0 Å². The van der Waals surface area contributed by atoms with Crippen molar-refractivity contribution in [1.82, 2.24) is 0 Å². The van der Waals surface area contributed by atoms with Crippen molar-refractivity contribution < 1.29 is 4.79 Å². The molecule has 0 fully saturated rings. The zero-order valence-corrected chi connectivity index (χ0v) is 13.1. The summed E-state index contributed by atoms with van der Waals surface area (Å²) in [5.74, 6) is 0.00125. The highest BCUT2D eigenvalue weighted by Gasteiger charge is 2.13. The third-order valence-electron chi connectivity index (χ3n) is 3.41. The van der Waals surface area contributed by atoms with E-state index in [9.17, 15) is 4.79 Å². The van der Waals surface area contributed by atoms with E-state index in [4.69, 9.17) is 0 Å². The molecule has 20 heavy (non-hydrogen) atoms. The van der Waals surface area contributed by atoms with E-state index >= 15 is 0 Å². The number of benzene rings is 1. The summed E-state index contributed by atoms with van der Waals surface area (Å²) in [5.41, 5.74) is 3.39. The summed E-state index contributed by atoms with van der Waals surface area (Å²) >= 11 is 1.58. The molecule has 0 spiro atoms. The highest BCUT2D eigenvalue weighted by Crippen LogP contribution is 2.24. The Morgan fingerprint density at radius 2 is 1.95 bits per heavy atom. The first kappa shape index (κ1) is 14.8. The van der Waals surface area contributed by atoms with Crippen molar-refractivity contribution in [2.45, 2.75) is 40.0 Å². The number of carbonyl (C=O) groups is 1. The van der Waals surface area contributed by atoms with Crippen LogP contribution in [0.2, 0.25) is 0 Å². The largest absolute Gasteiger partial charge is 0.321 e. The van der Waals surface area contributed by atoms with E-state index < -0.39 is 0 Å². The van der Waals surface area contributed by atoms with Crippen LogP contribution in [0.3, 0.4) is 0 Å². The molecule has 1 aromatic heterocycles. The lowest BCUT2D eigenvalue weighted by atomic mass is 10.1. The maximum atomic E-state index is 12.4. The molecule has 2 nitrogen and oxygen atoms in total. The van der Waals surface area contributed by atoms with E-state index in [1.165, 1.54) is 16.0 Å². The zero-order valence-electron chi connectivity index (χ0n) is 12.3. The average Bonchev–Trinajstić information content (AvgIpc) is 2.81. The monoisotopic (exact) mass is 287 g/mol. The number of hydrogen-bond acceptors (Lipinski definition) is 2. The Morgan fingerprint density at radius 3 is 2.65 bits per heavy atom. The molecule has 0 bridgehead atoms. The summed E-state index contributed by atoms with van der Waals surface area (Å²) in [7, 11) is 0. The maximum absolute atomic E-state index is 12.4. The minimum absolute atomic E-state index is 0.00125. The molecule has 0 aliphatic carbocycles. The van der Waals surface area contributed by atoms with Crippen molar-refractivity contribution in [1.29, 1.82) is 0 Å². The van der Waals surface area contributed by atoms with E-state index in [2.05, 4.69) is 32.2 Å². The first-order chi connectivity index (χ1) is 9.65. The number of rotatable bonds is 5. The molecule has 2 rings (SSSR count). The number of thiophene rings is 1. The summed E-state index contributed by atoms with van der Waals surface area (Å²) in [6, 6.07) is 10.0. The third kappa shape index (κ3) is 3.28. The van der Waals surface area contributed by atoms with Gasteiger partial charge in [0.05, 0.1) is 4.88 Å². The smallest absolute Gasteiger partial charge is 0.265 e. The van der Waals surface area contributed by atoms with Crippen LogP contribution in [0, 0.1) is 6.92 Å². The molecule has 1 amide bonds. The van der Waals surface area contributed by atoms with Crippen LogP contribution in [0.25, 0.3) is 0 Å². The molecule has 1 heterocycles. The van der Waals surface area contributed by atoms with Gasteiger partial charge in [0.2, 0.25) is 0 Å². The molecule has 0 radical (unpaired) electrons. The Balaban J connectivity index is 2.17. The van der Waals surface area contributed by atoms with Gasteiger partial charge in [-0.3, -0.25) is 4.79 Å². The second kappa shape index (κ2) is 6.71. The Labute approximate surface area is 124 Å². The number of hydrogen-bond donors (Lipinski definition) is 1. The Hall–Kier alpha value is -1.61. The van der Waals surface area contributed by atoms with E-state index in [1.54, 1.807) is 11.3 Å². The number of carbonyl (C=O) groups excluding carboxylic acids is 1. The fourth-order valence-corrected chi connectivity index (χ4v) is 3.25. The van der Waals surface area contributed by atoms with E-state index in [0.717, 1.165) is 29.8 Å². The molecular weight excluding hydrogens is 266 g/mol. The molecule has 0 atom stereocenters. The maximum Gasteiger partial charge on any atom is 0.265 e. The molecule has 0 saturated carbocycles. The van der Waals surface area contributed by atoms with Crippen LogP contribution < -0.4 is 5.32 Å². The quantitative estimate of drug-likeness (QED) is 0.839. The van der Waals surface area contributed by atoms with E-state index in [0.29, 0.717) is 0 Å². The van der Waals surface area contributed by atoms with Gasteiger partial charge in [-0.2, -0.15) is 0 Å². The Morgan fingerprint density at radius 1 is 1.20 bits per heavy atom. The van der Waals surface area contributed by atoms with E-state index in [-0.39, 0.29) is 5.91 Å². The Kier molecular flexibility index (Phi) is 4.96. The van der Waals surface area contributed by atoms with Crippen molar-refractivity contribution in [2.24, 2.45) is 0 Å². The number of nitrogens with one attached hydrogen (secondary N) is 1. The molecule has 0 aliphatic heterocycles. The van der Waals surface area contributed by atoms with Gasteiger partial charge < -0.3 is 5.32 Å². The minimum atomic E-state index is 0.00125. The second-order valence-electron chi connectivity index (χ2n) is 4.91. The molecule has 0 saturated heterocycles. The normalized spacial score (nSPS) is 10.6. The first-order valence-electron chi connectivity index (χ1n) is 7.14. The van der Waals surface area contributed by atoms with Crippen LogP contribution in [-0.2, 0) is 12.8 Å². The van der Waals surface area contributed by atoms with E-state index in [1.807, 2.05) is 24.3 Å². The van der Waals surface area contributed by atoms with Gasteiger partial charge in [0.25, 0.3) is 5.91 Å². The highest BCUT2D eigenvalue weighted by atomic mass is 32.1. The summed E-state index contributed by atoms with van der Waals surface area (Å²) in [6.45, 7) is 6.35. The lowest BCUT2D eigenvalue weighted by Crippen LogP contribution is -2.11. The van der Waals surface area contributed by atoms with Gasteiger partial charge in [-0.25, -0.2) is 0 Å². The fourth-order valence-electron chi connectivity index (χ4n) is 2.28. The van der Waals surface area contributed by atoms with Crippen LogP contribution in [0.5, 0.6) is 0 Å². The Bertz CT molecular complexity index is 601. The van der Waals surface area contributed by atoms with Crippen molar-refractivity contribution >= 4 is 22.9 Å². The summed E-state index contributed by atoms with van der Waals surface area (Å²) < 4.78 is 0. The van der Waals surface area contributed by atoms with Gasteiger partial charge in [0.15, 0.2) is 0 Å². The molecule has 0 unspecified atom stereocenters. The summed E-state index contributed by atoms with van der Waals surface area (Å²) in [5, 5.41) is 3.03. The van der Waals surface area contributed by atoms with Crippen molar-refractivity contribution in [2.75, 3.05) is 5.32 Å². The van der Waals surface area contributed by atoms with Gasteiger partial charge in [-0.15, -0.1) is 11.3 Å². The second-order valence-corrected chi connectivity index (χ2v) is 6.16. The SMILES string of the molecule is CCCc1cc(C(=O)Nc2ccccc2CC)sc1C. The lowest BCUT2D eigenvalue weighted by molar-refractivity contribution is 0.103. The van der Waals surface area contributed by atoms with Gasteiger partial charge in [-0.1, -0.05) is 38.5 Å². The average molecular weight is 287 g/mol. The molecule has 0 aliphatic rings. The van der Waals surface area contributed by atoms with Crippen LogP contribution in [-0.4, -0.2) is 5.91 Å². The molecule has 1 N–H and O–H groups in total. The number of amides is 1. The highest BCUT2D eigenvalue weighted by molar-refractivity contribution is 7.14. The minimum Gasteiger partial charge on any atom is -0.321 e. The zero-order chi connectivity index (χ0) is 14.5. The first-order valence-corrected chi connectivity index (χ1v) is 7.95. The molecule has 106 valence electrons. The summed E-state index contributed by atoms with van der Waals surface area (Å²) in [6.07, 6.45) is 3.07. The van der Waals surface area contributed by atoms with Crippen LogP contribution in [0.4, 0.5) is 5.69 Å². The third-order valence-corrected chi connectivity index (χ3v) is 4.50. The molecule has 1 aromatic carbocycles. The fraction of sp³-hybridized carbons (Fsp3) is 0.353. The summed E-state index contributed by atoms with van der Waals surface area (Å²) in [4.78, 5) is 14.4. The number of anilines is 1. The molecule has 2 aromatic rings. The predicted molar refractivity (Wildman–Crippen MR) is 86.8 cm³/mol. The predicted octanol–water partition coefficient (Wildman–Crippen LogP) is 4.82. The van der Waals surface area contributed by atoms with Crippen LogP contribution in [0.15, 0.2) is 30.3 Å². The van der Waals surface area contributed by atoms with Crippen LogP contribution >= 0.6 is 11.3 Å². The molecular formula is C17H21NOS. The van der Waals surface area contributed by atoms with Gasteiger partial charge in [0.1, 0.15) is 0 Å². The topological polar surface area (TPSA) is 29.1 Å². The molecule has 3 heteroatoms.